The highest BCUT2D eigenvalue weighted by Crippen LogP contribution is 2.50. The van der Waals surface area contributed by atoms with Gasteiger partial charge in [0.2, 0.25) is 17.7 Å². The fourth-order valence-electron chi connectivity index (χ4n) is 5.79. The lowest BCUT2D eigenvalue weighted by Crippen LogP contribution is -2.63. The normalized spacial score (nSPS) is 21.5. The van der Waals surface area contributed by atoms with Crippen molar-refractivity contribution in [2.24, 2.45) is 5.92 Å². The first-order chi connectivity index (χ1) is 24.3. The minimum atomic E-state index is -5.55. The molecule has 288 valence electrons. The molecule has 0 aromatic heterocycles. The second-order valence-corrected chi connectivity index (χ2v) is 15.4. The van der Waals surface area contributed by atoms with Gasteiger partial charge in [-0.2, -0.15) is 0 Å². The maximum atomic E-state index is 13.8. The molecule has 19 heteroatoms. The number of aliphatic carboxylic acids is 1. The maximum Gasteiger partial charge on any atom is 0.480 e. The summed E-state index contributed by atoms with van der Waals surface area (Å²) in [6, 6.07) is 8.28. The molecule has 1 saturated heterocycles. The molecule has 0 spiro atoms. The molecule has 0 saturated carbocycles. The number of likely N-dealkylation sites (N-methyl/N-ethyl adjacent to an activating group) is 1. The lowest BCUT2D eigenvalue weighted by atomic mass is 9.73. The molecular weight excluding hydrogens is 700 g/mol. The average Bonchev–Trinajstić information content (AvgIpc) is 3.04. The van der Waals surface area contributed by atoms with E-state index in [4.69, 9.17) is 14.4 Å². The van der Waals surface area contributed by atoms with Crippen LogP contribution in [-0.4, -0.2) is 141 Å². The standard InChI is InChI=1S/C33H51BN5O12P/c1-22(2)20-26(34-50-18-16-39(17-19-51-34)15-14-35-27(41)21-33(46,31(44)45)52(47,48)49)36-29(42)28(23(3)40)37-30(43)32(4)13-9-12-25(38(32)5)24-10-7-6-8-11-24/h6-13,22-23,26,28,40,46H,14-21H2,1-5H3,(H,35,41)(H,36,42)(H,37,43)(H,44,45)(H2,47,48,49)/t23?,26-,28-,32?,33?/m1/s1. The predicted molar refractivity (Wildman–Crippen MR) is 191 cm³/mol. The number of amides is 3. The molecule has 52 heavy (non-hydrogen) atoms. The molecule has 0 radical (unpaired) electrons. The Labute approximate surface area is 303 Å². The van der Waals surface area contributed by atoms with Crippen LogP contribution in [0.25, 0.3) is 5.70 Å². The molecule has 3 unspecified atom stereocenters. The first-order valence-electron chi connectivity index (χ1n) is 17.0. The Bertz CT molecular complexity index is 1520. The smallest absolute Gasteiger partial charge is 0.479 e. The summed E-state index contributed by atoms with van der Waals surface area (Å²) in [6.45, 7) is 8.38. The van der Waals surface area contributed by atoms with Gasteiger partial charge in [-0.15, -0.1) is 0 Å². The van der Waals surface area contributed by atoms with E-state index in [1.807, 2.05) is 60.1 Å². The van der Waals surface area contributed by atoms with Crippen LogP contribution in [0.2, 0.25) is 0 Å². The zero-order chi connectivity index (χ0) is 38.9. The van der Waals surface area contributed by atoms with Crippen molar-refractivity contribution in [3.05, 3.63) is 54.1 Å². The fourth-order valence-corrected chi connectivity index (χ4v) is 6.39. The molecule has 17 nitrogen and oxygen atoms in total. The minimum absolute atomic E-state index is 0.0217. The summed E-state index contributed by atoms with van der Waals surface area (Å²) < 4.78 is 23.5. The zero-order valence-corrected chi connectivity index (χ0v) is 31.0. The van der Waals surface area contributed by atoms with Crippen LogP contribution in [0.4, 0.5) is 0 Å². The van der Waals surface area contributed by atoms with Gasteiger partial charge in [-0.1, -0.05) is 50.3 Å². The number of nitrogens with zero attached hydrogens (tertiary/aromatic N) is 2. The van der Waals surface area contributed by atoms with E-state index in [0.29, 0.717) is 19.5 Å². The zero-order valence-electron chi connectivity index (χ0n) is 30.1. The lowest BCUT2D eigenvalue weighted by Gasteiger charge is -2.41. The largest absolute Gasteiger partial charge is 0.480 e. The van der Waals surface area contributed by atoms with Crippen molar-refractivity contribution in [3.8, 4) is 0 Å². The first kappa shape index (κ1) is 42.8. The molecule has 0 bridgehead atoms. The molecule has 8 N–H and O–H groups in total. The lowest BCUT2D eigenvalue weighted by molar-refractivity contribution is -0.154. The van der Waals surface area contributed by atoms with Crippen LogP contribution in [0.15, 0.2) is 48.6 Å². The van der Waals surface area contributed by atoms with Crippen LogP contribution in [-0.2, 0) is 33.1 Å². The van der Waals surface area contributed by atoms with Gasteiger partial charge in [0, 0.05) is 52.1 Å². The number of carbonyl (C=O) groups excluding carboxylic acids is 3. The molecular formula is C33H51BN5O12P. The number of nitrogens with one attached hydrogen (secondary N) is 3. The van der Waals surface area contributed by atoms with Crippen molar-refractivity contribution >= 4 is 44.1 Å². The summed E-state index contributed by atoms with van der Waals surface area (Å²) in [5.74, 6) is -4.90. The number of aliphatic hydroxyl groups excluding tert-OH is 1. The topological polar surface area (TPSA) is 248 Å². The van der Waals surface area contributed by atoms with E-state index in [9.17, 15) is 43.7 Å². The number of rotatable bonds is 16. The number of benzene rings is 1. The quantitative estimate of drug-likeness (QED) is 0.0786. The van der Waals surface area contributed by atoms with Gasteiger partial charge in [-0.3, -0.25) is 23.8 Å². The molecule has 2 heterocycles. The third-order valence-electron chi connectivity index (χ3n) is 9.06. The summed E-state index contributed by atoms with van der Waals surface area (Å²) in [5.41, 5.74) is 0.552. The van der Waals surface area contributed by atoms with Crippen LogP contribution in [0.1, 0.15) is 46.1 Å². The van der Waals surface area contributed by atoms with Crippen LogP contribution in [0.3, 0.4) is 0 Å². The van der Waals surface area contributed by atoms with Gasteiger partial charge in [0.1, 0.15) is 11.6 Å². The highest BCUT2D eigenvalue weighted by molar-refractivity contribution is 7.54. The van der Waals surface area contributed by atoms with E-state index < -0.39 is 73.8 Å². The number of aliphatic hydroxyl groups is 2. The van der Waals surface area contributed by atoms with Crippen molar-refractivity contribution in [1.82, 2.24) is 25.8 Å². The first-order valence-corrected chi connectivity index (χ1v) is 18.6. The third kappa shape index (κ3) is 11.0. The molecule has 2 aliphatic heterocycles. The number of carbonyl (C=O) groups is 4. The Morgan fingerprint density at radius 1 is 1.06 bits per heavy atom. The Hall–Kier alpha value is -3.61. The minimum Gasteiger partial charge on any atom is -0.479 e. The van der Waals surface area contributed by atoms with Crippen molar-refractivity contribution in [3.63, 3.8) is 0 Å². The van der Waals surface area contributed by atoms with Gasteiger partial charge in [-0.25, -0.2) is 4.79 Å². The van der Waals surface area contributed by atoms with E-state index in [0.717, 1.165) is 11.3 Å². The number of hydrogen-bond donors (Lipinski definition) is 8. The van der Waals surface area contributed by atoms with Crippen molar-refractivity contribution in [2.45, 2.75) is 69.5 Å². The number of carboxylic acid groups (broad SMARTS) is 1. The molecule has 5 atom stereocenters. The number of allylic oxidation sites excluding steroid dienone is 2. The van der Waals surface area contributed by atoms with E-state index in [1.54, 1.807) is 26.1 Å². The summed E-state index contributed by atoms with van der Waals surface area (Å²) in [4.78, 5) is 72.9. The summed E-state index contributed by atoms with van der Waals surface area (Å²) in [5, 5.41) is 34.1. The Morgan fingerprint density at radius 3 is 2.21 bits per heavy atom. The fraction of sp³-hybridized carbons (Fsp3) is 0.576. The van der Waals surface area contributed by atoms with Crippen molar-refractivity contribution in [1.29, 1.82) is 0 Å². The Morgan fingerprint density at radius 2 is 1.67 bits per heavy atom. The second-order valence-electron chi connectivity index (χ2n) is 13.6. The van der Waals surface area contributed by atoms with Gasteiger partial charge < -0.3 is 55.3 Å². The summed E-state index contributed by atoms with van der Waals surface area (Å²) in [7, 11) is -4.62. The van der Waals surface area contributed by atoms with Crippen LogP contribution in [0.5, 0.6) is 0 Å². The SMILES string of the molecule is CC(C)C[C@@H](NC(=O)[C@H](NC(=O)C1(C)C=CC=C(c2ccccc2)N1C)C(C)O)B1OCCN(CCNC(=O)CC(O)(C(=O)O)P(=O)(O)O)CCO1. The van der Waals surface area contributed by atoms with E-state index in [-0.39, 0.29) is 32.2 Å². The highest BCUT2D eigenvalue weighted by Gasteiger charge is 2.54. The van der Waals surface area contributed by atoms with Gasteiger partial charge in [-0.05, 0) is 43.9 Å². The number of hydrogen-bond acceptors (Lipinski definition) is 11. The van der Waals surface area contributed by atoms with Crippen LogP contribution in [0, 0.1) is 5.92 Å². The second kappa shape index (κ2) is 18.4. The molecule has 1 aromatic rings. The van der Waals surface area contributed by atoms with E-state index in [2.05, 4.69) is 16.0 Å². The monoisotopic (exact) mass is 751 g/mol. The highest BCUT2D eigenvalue weighted by atomic mass is 31.2. The van der Waals surface area contributed by atoms with Crippen LogP contribution < -0.4 is 16.0 Å². The van der Waals surface area contributed by atoms with Crippen LogP contribution >= 0.6 is 7.60 Å². The maximum absolute atomic E-state index is 13.8. The average molecular weight is 752 g/mol. The molecule has 1 fully saturated rings. The van der Waals surface area contributed by atoms with Crippen molar-refractivity contribution < 1.29 is 58.2 Å². The molecule has 2 aliphatic rings. The van der Waals surface area contributed by atoms with Gasteiger partial charge >= 0.3 is 20.7 Å². The Balaban J connectivity index is 1.59. The van der Waals surface area contributed by atoms with Crippen molar-refractivity contribution in [2.75, 3.05) is 46.4 Å². The van der Waals surface area contributed by atoms with E-state index in [1.165, 1.54) is 6.92 Å². The number of carboxylic acids is 1. The third-order valence-corrected chi connectivity index (χ3v) is 10.4. The van der Waals surface area contributed by atoms with Gasteiger partial charge in [0.05, 0.1) is 18.5 Å². The molecule has 1 aromatic carbocycles. The van der Waals surface area contributed by atoms with Gasteiger partial charge in [0.15, 0.2) is 0 Å². The molecule has 3 rings (SSSR count). The summed E-state index contributed by atoms with van der Waals surface area (Å²) >= 11 is 0. The summed E-state index contributed by atoms with van der Waals surface area (Å²) in [6.07, 6.45) is 3.30. The Kier molecular flexibility index (Phi) is 15.2. The van der Waals surface area contributed by atoms with E-state index >= 15 is 0 Å². The predicted octanol–water partition coefficient (Wildman–Crippen LogP) is -0.482. The molecule has 3 amide bonds. The van der Waals surface area contributed by atoms with Gasteiger partial charge in [0.25, 0.3) is 5.34 Å². The molecule has 0 aliphatic carbocycles.